The van der Waals surface area contributed by atoms with Crippen LogP contribution >= 0.6 is 11.3 Å². The maximum Gasteiger partial charge on any atom is 0.214 e. The molecule has 0 unspecified atom stereocenters. The minimum Gasteiger partial charge on any atom is -0.508 e. The predicted molar refractivity (Wildman–Crippen MR) is 81.3 cm³/mol. The molecule has 0 aliphatic heterocycles. The molecular weight excluding hydrogens is 272 g/mol. The molecule has 2 N–H and O–H groups in total. The van der Waals surface area contributed by atoms with Crippen molar-refractivity contribution in [2.45, 2.75) is 13.8 Å². The van der Waals surface area contributed by atoms with Crippen LogP contribution in [0.2, 0.25) is 0 Å². The van der Waals surface area contributed by atoms with Crippen LogP contribution in [0, 0.1) is 5.92 Å². The summed E-state index contributed by atoms with van der Waals surface area (Å²) in [5.41, 5.74) is 1.91. The molecule has 0 aliphatic rings. The van der Waals surface area contributed by atoms with Crippen molar-refractivity contribution >= 4 is 21.4 Å². The van der Waals surface area contributed by atoms with Crippen LogP contribution in [0.5, 0.6) is 5.75 Å². The van der Waals surface area contributed by atoms with Gasteiger partial charge in [-0.2, -0.15) is 0 Å². The second-order valence-electron chi connectivity index (χ2n) is 5.07. The van der Waals surface area contributed by atoms with Gasteiger partial charge in [-0.15, -0.1) is 5.10 Å². The van der Waals surface area contributed by atoms with E-state index in [9.17, 15) is 5.11 Å². The van der Waals surface area contributed by atoms with Crippen molar-refractivity contribution in [1.29, 1.82) is 0 Å². The van der Waals surface area contributed by atoms with Gasteiger partial charge in [0.2, 0.25) is 10.1 Å². The minimum atomic E-state index is 0.257. The molecule has 5 nitrogen and oxygen atoms in total. The van der Waals surface area contributed by atoms with Gasteiger partial charge in [0, 0.05) is 12.1 Å². The van der Waals surface area contributed by atoms with Gasteiger partial charge in [0.05, 0.1) is 11.9 Å². The molecule has 104 valence electrons. The summed E-state index contributed by atoms with van der Waals surface area (Å²) in [4.78, 5) is 5.24. The van der Waals surface area contributed by atoms with Gasteiger partial charge in [0.25, 0.3) is 0 Å². The Morgan fingerprint density at radius 2 is 2.05 bits per heavy atom. The fourth-order valence-electron chi connectivity index (χ4n) is 1.88. The summed E-state index contributed by atoms with van der Waals surface area (Å²) in [6.07, 6.45) is 1.80. The second kappa shape index (κ2) is 5.13. The average molecular weight is 288 g/mol. The van der Waals surface area contributed by atoms with Crippen LogP contribution in [-0.4, -0.2) is 26.2 Å². The molecule has 0 amide bonds. The number of hydrogen-bond donors (Lipinski definition) is 2. The number of benzene rings is 1. The van der Waals surface area contributed by atoms with E-state index in [0.29, 0.717) is 5.92 Å². The van der Waals surface area contributed by atoms with Crippen LogP contribution < -0.4 is 5.32 Å². The number of imidazole rings is 1. The number of aromatic nitrogens is 3. The standard InChI is InChI=1S/C14H16N4OS/c1-9(2)7-15-13-17-18-12(8-16-14(18)20-13)10-3-5-11(19)6-4-10/h3-6,8-9,19H,7H2,1-2H3,(H,15,17). The van der Waals surface area contributed by atoms with Crippen molar-refractivity contribution in [3.8, 4) is 17.0 Å². The van der Waals surface area contributed by atoms with Crippen molar-refractivity contribution in [3.05, 3.63) is 30.5 Å². The summed E-state index contributed by atoms with van der Waals surface area (Å²) in [5, 5.41) is 18.1. The van der Waals surface area contributed by atoms with Crippen molar-refractivity contribution in [3.63, 3.8) is 0 Å². The summed E-state index contributed by atoms with van der Waals surface area (Å²) in [6, 6.07) is 7.05. The third-order valence-corrected chi connectivity index (χ3v) is 3.79. The Labute approximate surface area is 120 Å². The molecule has 3 rings (SSSR count). The zero-order chi connectivity index (χ0) is 14.1. The lowest BCUT2D eigenvalue weighted by atomic mass is 10.2. The molecule has 0 radical (unpaired) electrons. The summed E-state index contributed by atoms with van der Waals surface area (Å²) < 4.78 is 1.83. The van der Waals surface area contributed by atoms with Crippen LogP contribution in [0.4, 0.5) is 5.13 Å². The van der Waals surface area contributed by atoms with Gasteiger partial charge in [-0.05, 0) is 30.2 Å². The summed E-state index contributed by atoms with van der Waals surface area (Å²) in [5.74, 6) is 0.829. The lowest BCUT2D eigenvalue weighted by Gasteiger charge is -2.04. The number of hydrogen-bond acceptors (Lipinski definition) is 5. The van der Waals surface area contributed by atoms with E-state index in [1.807, 2.05) is 16.6 Å². The fourth-order valence-corrected chi connectivity index (χ4v) is 2.67. The highest BCUT2D eigenvalue weighted by Gasteiger charge is 2.11. The Morgan fingerprint density at radius 3 is 2.75 bits per heavy atom. The van der Waals surface area contributed by atoms with Crippen molar-refractivity contribution in [2.24, 2.45) is 5.92 Å². The number of nitrogens with zero attached hydrogens (tertiary/aromatic N) is 3. The first-order valence-electron chi connectivity index (χ1n) is 6.51. The van der Waals surface area contributed by atoms with Crippen LogP contribution in [0.1, 0.15) is 13.8 Å². The van der Waals surface area contributed by atoms with Crippen molar-refractivity contribution in [2.75, 3.05) is 11.9 Å². The van der Waals surface area contributed by atoms with Gasteiger partial charge in [0.1, 0.15) is 5.75 Å². The number of phenolic OH excluding ortho intramolecular Hbond substituents is 1. The van der Waals surface area contributed by atoms with Crippen molar-refractivity contribution < 1.29 is 5.11 Å². The van der Waals surface area contributed by atoms with Gasteiger partial charge in [-0.25, -0.2) is 9.50 Å². The largest absolute Gasteiger partial charge is 0.508 e. The molecule has 1 aromatic carbocycles. The van der Waals surface area contributed by atoms with Gasteiger partial charge in [0.15, 0.2) is 0 Å². The molecule has 0 fully saturated rings. The molecule has 0 saturated heterocycles. The molecule has 0 atom stereocenters. The number of anilines is 1. The molecule has 0 saturated carbocycles. The molecule has 20 heavy (non-hydrogen) atoms. The Morgan fingerprint density at radius 1 is 1.30 bits per heavy atom. The third kappa shape index (κ3) is 2.46. The number of aromatic hydroxyl groups is 1. The van der Waals surface area contributed by atoms with Gasteiger partial charge < -0.3 is 10.4 Å². The van der Waals surface area contributed by atoms with E-state index in [0.717, 1.165) is 27.9 Å². The molecule has 6 heteroatoms. The van der Waals surface area contributed by atoms with E-state index in [1.54, 1.807) is 18.3 Å². The van der Waals surface area contributed by atoms with Gasteiger partial charge >= 0.3 is 0 Å². The second-order valence-corrected chi connectivity index (χ2v) is 6.02. The summed E-state index contributed by atoms with van der Waals surface area (Å²) in [6.45, 7) is 5.21. The number of fused-ring (bicyclic) bond motifs is 1. The minimum absolute atomic E-state index is 0.257. The van der Waals surface area contributed by atoms with Gasteiger partial charge in [-0.3, -0.25) is 0 Å². The first-order valence-corrected chi connectivity index (χ1v) is 7.33. The van der Waals surface area contributed by atoms with E-state index in [1.165, 1.54) is 11.3 Å². The fraction of sp³-hybridized carbons (Fsp3) is 0.286. The first-order chi connectivity index (χ1) is 9.63. The SMILES string of the molecule is CC(C)CNc1nn2c(-c3ccc(O)cc3)cnc2s1. The van der Waals surface area contributed by atoms with Crippen LogP contribution in [-0.2, 0) is 0 Å². The topological polar surface area (TPSA) is 62.5 Å². The lowest BCUT2D eigenvalue weighted by Crippen LogP contribution is -2.07. The van der Waals surface area contributed by atoms with E-state index >= 15 is 0 Å². The van der Waals surface area contributed by atoms with E-state index in [-0.39, 0.29) is 5.75 Å². The van der Waals surface area contributed by atoms with Crippen LogP contribution in [0.15, 0.2) is 30.5 Å². The normalized spacial score (nSPS) is 11.3. The van der Waals surface area contributed by atoms with E-state index in [2.05, 4.69) is 29.2 Å². The zero-order valence-corrected chi connectivity index (χ0v) is 12.2. The third-order valence-electron chi connectivity index (χ3n) is 2.91. The average Bonchev–Trinajstić information content (AvgIpc) is 2.97. The number of rotatable bonds is 4. The Bertz CT molecular complexity index is 714. The first kappa shape index (κ1) is 12.9. The maximum absolute atomic E-state index is 9.35. The molecular formula is C14H16N4OS. The Kier molecular flexibility index (Phi) is 3.31. The molecule has 2 aromatic heterocycles. The summed E-state index contributed by atoms with van der Waals surface area (Å²) in [7, 11) is 0. The van der Waals surface area contributed by atoms with Crippen molar-refractivity contribution in [1.82, 2.24) is 14.6 Å². The predicted octanol–water partition coefficient (Wildman–Crippen LogP) is 3.23. The quantitative estimate of drug-likeness (QED) is 0.773. The smallest absolute Gasteiger partial charge is 0.214 e. The lowest BCUT2D eigenvalue weighted by molar-refractivity contribution is 0.475. The Balaban J connectivity index is 1.94. The molecule has 0 spiro atoms. The zero-order valence-electron chi connectivity index (χ0n) is 11.4. The number of phenols is 1. The van der Waals surface area contributed by atoms with E-state index in [4.69, 9.17) is 0 Å². The maximum atomic E-state index is 9.35. The van der Waals surface area contributed by atoms with Crippen LogP contribution in [0.3, 0.4) is 0 Å². The Hall–Kier alpha value is -2.08. The number of nitrogens with one attached hydrogen (secondary N) is 1. The molecule has 0 bridgehead atoms. The molecule has 0 aliphatic carbocycles. The highest BCUT2D eigenvalue weighted by molar-refractivity contribution is 7.20. The van der Waals surface area contributed by atoms with Gasteiger partial charge in [-0.1, -0.05) is 25.2 Å². The highest BCUT2D eigenvalue weighted by atomic mass is 32.1. The molecule has 2 heterocycles. The molecule has 3 aromatic rings. The summed E-state index contributed by atoms with van der Waals surface area (Å²) >= 11 is 1.54. The highest BCUT2D eigenvalue weighted by Crippen LogP contribution is 2.27. The van der Waals surface area contributed by atoms with E-state index < -0.39 is 0 Å². The van der Waals surface area contributed by atoms with Crippen LogP contribution in [0.25, 0.3) is 16.2 Å². The monoisotopic (exact) mass is 288 g/mol.